The Bertz CT molecular complexity index is 1020. The number of sulfonamides is 1. The van der Waals surface area contributed by atoms with E-state index in [-0.39, 0.29) is 18.5 Å². The number of amides is 1. The van der Waals surface area contributed by atoms with Crippen molar-refractivity contribution in [3.05, 3.63) is 58.6 Å². The predicted molar refractivity (Wildman–Crippen MR) is 108 cm³/mol. The largest absolute Gasteiger partial charge is 0.476 e. The fraction of sp³-hybridized carbons (Fsp3) is 0.350. The quantitative estimate of drug-likeness (QED) is 0.828. The van der Waals surface area contributed by atoms with Crippen LogP contribution in [0.3, 0.4) is 0 Å². The number of nitrogens with one attached hydrogen (secondary N) is 1. The Morgan fingerprint density at radius 2 is 2.04 bits per heavy atom. The topological polar surface area (TPSA) is 75.7 Å². The van der Waals surface area contributed by atoms with Gasteiger partial charge in [-0.15, -0.1) is 0 Å². The molecule has 4 rings (SSSR count). The first-order chi connectivity index (χ1) is 13.3. The van der Waals surface area contributed by atoms with E-state index in [0.29, 0.717) is 16.5 Å². The van der Waals surface area contributed by atoms with Crippen LogP contribution in [-0.2, 0) is 21.2 Å². The fourth-order valence-corrected chi connectivity index (χ4v) is 4.92. The van der Waals surface area contributed by atoms with E-state index in [4.69, 9.17) is 16.3 Å². The summed E-state index contributed by atoms with van der Waals surface area (Å²) in [7, 11) is -3.59. The van der Waals surface area contributed by atoms with Crippen LogP contribution in [-0.4, -0.2) is 33.2 Å². The van der Waals surface area contributed by atoms with Crippen molar-refractivity contribution in [1.82, 2.24) is 5.32 Å². The molecule has 0 spiro atoms. The summed E-state index contributed by atoms with van der Waals surface area (Å²) in [5, 5.41) is 3.45. The number of aryl methyl sites for hydroxylation is 1. The van der Waals surface area contributed by atoms with E-state index in [2.05, 4.69) is 11.4 Å². The van der Waals surface area contributed by atoms with Gasteiger partial charge in [-0.25, -0.2) is 8.42 Å². The molecule has 1 N–H and O–H groups in total. The number of hydrogen-bond acceptors (Lipinski definition) is 4. The van der Waals surface area contributed by atoms with Crippen LogP contribution < -0.4 is 14.4 Å². The lowest BCUT2D eigenvalue weighted by molar-refractivity contribution is -0.128. The Hall–Kier alpha value is -2.25. The van der Waals surface area contributed by atoms with Crippen molar-refractivity contribution in [2.24, 2.45) is 0 Å². The maximum atomic E-state index is 12.9. The average molecular weight is 421 g/mol. The average Bonchev–Trinajstić information content (AvgIpc) is 2.66. The van der Waals surface area contributed by atoms with Gasteiger partial charge in [0.15, 0.2) is 6.10 Å². The zero-order valence-electron chi connectivity index (χ0n) is 15.4. The summed E-state index contributed by atoms with van der Waals surface area (Å²) in [6.45, 7) is -0.0909. The highest BCUT2D eigenvalue weighted by Gasteiger charge is 2.36. The summed E-state index contributed by atoms with van der Waals surface area (Å²) in [6.07, 6.45) is 3.01. The van der Waals surface area contributed by atoms with E-state index in [9.17, 15) is 13.2 Å². The molecule has 2 atom stereocenters. The fourth-order valence-electron chi connectivity index (χ4n) is 3.84. The molecule has 1 aliphatic carbocycles. The van der Waals surface area contributed by atoms with E-state index < -0.39 is 16.1 Å². The Morgan fingerprint density at radius 1 is 1.25 bits per heavy atom. The SMILES string of the molecule is CS(=O)(=O)N1C[C@@H](C(=O)N[C@@H]2CCCc3ccccc32)Oc2ccc(Cl)cc21. The third-order valence-electron chi connectivity index (χ3n) is 5.17. The van der Waals surface area contributed by atoms with Gasteiger partial charge in [0.05, 0.1) is 24.5 Å². The Morgan fingerprint density at radius 3 is 2.82 bits per heavy atom. The second-order valence-electron chi connectivity index (χ2n) is 7.16. The zero-order valence-corrected chi connectivity index (χ0v) is 17.0. The number of nitrogens with zero attached hydrogens (tertiary/aromatic N) is 1. The molecule has 0 saturated heterocycles. The third-order valence-corrected chi connectivity index (χ3v) is 6.55. The van der Waals surface area contributed by atoms with Crippen molar-refractivity contribution in [3.8, 4) is 5.75 Å². The lowest BCUT2D eigenvalue weighted by atomic mass is 9.87. The number of halogens is 1. The van der Waals surface area contributed by atoms with Crippen LogP contribution in [0.4, 0.5) is 5.69 Å². The Labute approximate surface area is 169 Å². The lowest BCUT2D eigenvalue weighted by Crippen LogP contribution is -2.51. The van der Waals surface area contributed by atoms with Crippen molar-refractivity contribution < 1.29 is 17.9 Å². The minimum Gasteiger partial charge on any atom is -0.476 e. The van der Waals surface area contributed by atoms with Crippen LogP contribution in [0.15, 0.2) is 42.5 Å². The third kappa shape index (κ3) is 3.69. The van der Waals surface area contributed by atoms with E-state index >= 15 is 0 Å². The number of benzene rings is 2. The Kier molecular flexibility index (Phi) is 4.97. The van der Waals surface area contributed by atoms with E-state index in [1.807, 2.05) is 18.2 Å². The van der Waals surface area contributed by atoms with Crippen molar-refractivity contribution in [1.29, 1.82) is 0 Å². The summed E-state index contributed by atoms with van der Waals surface area (Å²) in [6, 6.07) is 12.7. The number of carbonyl (C=O) groups excluding carboxylic acids is 1. The van der Waals surface area contributed by atoms with Crippen molar-refractivity contribution in [3.63, 3.8) is 0 Å². The molecule has 0 fully saturated rings. The number of fused-ring (bicyclic) bond motifs is 2. The maximum Gasteiger partial charge on any atom is 0.263 e. The molecular formula is C20H21ClN2O4S. The van der Waals surface area contributed by atoms with Gasteiger partial charge in [0.25, 0.3) is 5.91 Å². The molecule has 0 aromatic heterocycles. The van der Waals surface area contributed by atoms with Gasteiger partial charge < -0.3 is 10.1 Å². The second kappa shape index (κ2) is 7.29. The summed E-state index contributed by atoms with van der Waals surface area (Å²) >= 11 is 6.01. The maximum absolute atomic E-state index is 12.9. The Balaban J connectivity index is 1.58. The van der Waals surface area contributed by atoms with Gasteiger partial charge in [-0.3, -0.25) is 9.10 Å². The highest BCUT2D eigenvalue weighted by Crippen LogP contribution is 2.37. The summed E-state index contributed by atoms with van der Waals surface area (Å²) < 4.78 is 31.6. The lowest BCUT2D eigenvalue weighted by Gasteiger charge is -2.35. The molecule has 1 amide bonds. The smallest absolute Gasteiger partial charge is 0.263 e. The van der Waals surface area contributed by atoms with Gasteiger partial charge in [0.2, 0.25) is 10.0 Å². The van der Waals surface area contributed by atoms with Crippen LogP contribution in [0.1, 0.15) is 30.0 Å². The molecule has 28 heavy (non-hydrogen) atoms. The molecular weight excluding hydrogens is 400 g/mol. The van der Waals surface area contributed by atoms with Crippen LogP contribution in [0.5, 0.6) is 5.75 Å². The summed E-state index contributed by atoms with van der Waals surface area (Å²) in [5.41, 5.74) is 2.70. The first kappa shape index (κ1) is 19.1. The molecule has 2 aliphatic rings. The van der Waals surface area contributed by atoms with Gasteiger partial charge in [0.1, 0.15) is 5.75 Å². The minimum atomic E-state index is -3.59. The van der Waals surface area contributed by atoms with Gasteiger partial charge >= 0.3 is 0 Å². The molecule has 0 unspecified atom stereocenters. The normalized spacial score (nSPS) is 21.3. The molecule has 2 aromatic carbocycles. The molecule has 1 heterocycles. The number of carbonyl (C=O) groups is 1. The van der Waals surface area contributed by atoms with Crippen molar-refractivity contribution >= 4 is 33.2 Å². The molecule has 0 bridgehead atoms. The number of ether oxygens (including phenoxy) is 1. The first-order valence-corrected chi connectivity index (χ1v) is 11.4. The van der Waals surface area contributed by atoms with Crippen LogP contribution in [0, 0.1) is 0 Å². The van der Waals surface area contributed by atoms with Gasteiger partial charge in [-0.05, 0) is 48.6 Å². The molecule has 2 aromatic rings. The summed E-state index contributed by atoms with van der Waals surface area (Å²) in [5.74, 6) is 0.00113. The number of hydrogen-bond donors (Lipinski definition) is 1. The minimum absolute atomic E-state index is 0.0909. The highest BCUT2D eigenvalue weighted by molar-refractivity contribution is 7.92. The molecule has 0 saturated carbocycles. The highest BCUT2D eigenvalue weighted by atomic mass is 35.5. The van der Waals surface area contributed by atoms with Gasteiger partial charge in [0, 0.05) is 5.02 Å². The van der Waals surface area contributed by atoms with E-state index in [1.165, 1.54) is 15.9 Å². The zero-order chi connectivity index (χ0) is 19.9. The summed E-state index contributed by atoms with van der Waals surface area (Å²) in [4.78, 5) is 12.9. The van der Waals surface area contributed by atoms with E-state index in [1.54, 1.807) is 12.1 Å². The van der Waals surface area contributed by atoms with Crippen LogP contribution in [0.2, 0.25) is 5.02 Å². The van der Waals surface area contributed by atoms with Crippen LogP contribution in [0.25, 0.3) is 0 Å². The monoisotopic (exact) mass is 420 g/mol. The molecule has 1 aliphatic heterocycles. The molecule has 6 nitrogen and oxygen atoms in total. The van der Waals surface area contributed by atoms with E-state index in [0.717, 1.165) is 31.1 Å². The van der Waals surface area contributed by atoms with Gasteiger partial charge in [-0.1, -0.05) is 35.9 Å². The predicted octanol–water partition coefficient (Wildman–Crippen LogP) is 3.06. The molecule has 0 radical (unpaired) electrons. The van der Waals surface area contributed by atoms with Crippen LogP contribution >= 0.6 is 11.6 Å². The van der Waals surface area contributed by atoms with Crippen molar-refractivity contribution in [2.75, 3.05) is 17.1 Å². The molecule has 8 heteroatoms. The first-order valence-electron chi connectivity index (χ1n) is 9.15. The molecule has 148 valence electrons. The van der Waals surface area contributed by atoms with Gasteiger partial charge in [-0.2, -0.15) is 0 Å². The number of anilines is 1. The second-order valence-corrected chi connectivity index (χ2v) is 9.51. The van der Waals surface area contributed by atoms with Crippen molar-refractivity contribution in [2.45, 2.75) is 31.4 Å². The standard InChI is InChI=1S/C20H21ClN2O4S/c1-28(25,26)23-12-19(27-18-10-9-14(21)11-17(18)23)20(24)22-16-8-4-6-13-5-2-3-7-15(13)16/h2-3,5,7,9-11,16,19H,4,6,8,12H2,1H3,(H,22,24)/t16-,19+/m1/s1. The number of rotatable bonds is 3.